The quantitative estimate of drug-likeness (QED) is 0.627. The Kier molecular flexibility index (Phi) is 5.05. The van der Waals surface area contributed by atoms with E-state index in [0.29, 0.717) is 23.7 Å². The van der Waals surface area contributed by atoms with Crippen LogP contribution in [0.4, 0.5) is 0 Å². The van der Waals surface area contributed by atoms with Gasteiger partial charge in [-0.25, -0.2) is 0 Å². The summed E-state index contributed by atoms with van der Waals surface area (Å²) < 4.78 is 10.2. The first kappa shape index (κ1) is 15.7. The lowest BCUT2D eigenvalue weighted by Crippen LogP contribution is -2.05. The zero-order valence-electron chi connectivity index (χ0n) is 12.1. The van der Waals surface area contributed by atoms with Crippen LogP contribution in [0.5, 0.6) is 0 Å². The molecule has 0 atom stereocenters. The molecule has 0 radical (unpaired) electrons. The highest BCUT2D eigenvalue weighted by molar-refractivity contribution is 7.09. The van der Waals surface area contributed by atoms with Crippen LogP contribution in [0.3, 0.4) is 0 Å². The second-order valence-electron chi connectivity index (χ2n) is 4.76. The van der Waals surface area contributed by atoms with E-state index in [0.717, 1.165) is 10.4 Å². The van der Waals surface area contributed by atoms with Gasteiger partial charge in [0.15, 0.2) is 6.61 Å². The van der Waals surface area contributed by atoms with Gasteiger partial charge in [0, 0.05) is 15.5 Å². The van der Waals surface area contributed by atoms with Crippen molar-refractivity contribution in [2.24, 2.45) is 0 Å². The number of carbonyl (C=O) groups is 1. The Balaban J connectivity index is 1.52. The van der Waals surface area contributed by atoms with Crippen LogP contribution >= 0.6 is 22.9 Å². The van der Waals surface area contributed by atoms with Crippen LogP contribution in [-0.2, 0) is 22.6 Å². The number of carbonyl (C=O) groups excluding carboxylic acids is 1. The summed E-state index contributed by atoms with van der Waals surface area (Å²) in [6.45, 7) is -0.0309. The van der Waals surface area contributed by atoms with E-state index >= 15 is 0 Å². The molecule has 3 rings (SSSR count). The predicted octanol–water partition coefficient (Wildman–Crippen LogP) is 4.13. The zero-order valence-corrected chi connectivity index (χ0v) is 13.6. The van der Waals surface area contributed by atoms with E-state index in [4.69, 9.17) is 20.9 Å². The lowest BCUT2D eigenvalue weighted by Gasteiger charge is -2.00. The Morgan fingerprint density at radius 1 is 1.30 bits per heavy atom. The second-order valence-corrected chi connectivity index (χ2v) is 6.23. The van der Waals surface area contributed by atoms with Crippen molar-refractivity contribution in [1.82, 2.24) is 10.1 Å². The first-order valence-electron chi connectivity index (χ1n) is 6.97. The van der Waals surface area contributed by atoms with Crippen molar-refractivity contribution in [2.45, 2.75) is 19.4 Å². The minimum Gasteiger partial charge on any atom is -0.456 e. The lowest BCUT2D eigenvalue weighted by atomic mass is 10.2. The van der Waals surface area contributed by atoms with Crippen molar-refractivity contribution in [3.63, 3.8) is 0 Å². The summed E-state index contributed by atoms with van der Waals surface area (Å²) in [5.41, 5.74) is 0.747. The lowest BCUT2D eigenvalue weighted by molar-refractivity contribution is -0.145. The first-order valence-corrected chi connectivity index (χ1v) is 8.23. The summed E-state index contributed by atoms with van der Waals surface area (Å²) in [5.74, 6) is 0.377. The number of esters is 1. The van der Waals surface area contributed by atoms with Crippen LogP contribution in [-0.4, -0.2) is 16.1 Å². The third-order valence-corrected chi connectivity index (χ3v) is 4.23. The molecule has 0 bridgehead atoms. The molecule has 0 spiro atoms. The van der Waals surface area contributed by atoms with Gasteiger partial charge in [-0.1, -0.05) is 35.0 Å². The highest BCUT2D eigenvalue weighted by Gasteiger charge is 2.11. The van der Waals surface area contributed by atoms with Gasteiger partial charge in [-0.3, -0.25) is 4.79 Å². The number of aryl methyl sites for hydroxylation is 1. The van der Waals surface area contributed by atoms with Crippen LogP contribution in [0.2, 0.25) is 5.02 Å². The smallest absolute Gasteiger partial charge is 0.306 e. The summed E-state index contributed by atoms with van der Waals surface area (Å²) in [4.78, 5) is 17.1. The number of hydrogen-bond donors (Lipinski definition) is 0. The standard InChI is InChI=1S/C16H13ClN2O3S/c17-12-4-1-3-11(9-12)16-18-14(22-19-16)10-21-15(20)7-6-13-5-2-8-23-13/h1-5,8-9H,6-7,10H2. The van der Waals surface area contributed by atoms with Crippen molar-refractivity contribution in [3.8, 4) is 11.4 Å². The molecule has 0 aliphatic carbocycles. The van der Waals surface area contributed by atoms with E-state index in [1.807, 2.05) is 23.6 Å². The number of rotatable bonds is 6. The minimum absolute atomic E-state index is 0.0309. The Morgan fingerprint density at radius 3 is 3.00 bits per heavy atom. The Bertz CT molecular complexity index is 786. The van der Waals surface area contributed by atoms with Crippen molar-refractivity contribution in [3.05, 3.63) is 57.6 Å². The molecule has 0 saturated heterocycles. The molecule has 0 aliphatic rings. The molecule has 3 aromatic rings. The third-order valence-electron chi connectivity index (χ3n) is 3.06. The molecular formula is C16H13ClN2O3S. The van der Waals surface area contributed by atoms with Crippen molar-refractivity contribution in [1.29, 1.82) is 0 Å². The van der Waals surface area contributed by atoms with E-state index in [9.17, 15) is 4.79 Å². The minimum atomic E-state index is -0.291. The van der Waals surface area contributed by atoms with Crippen molar-refractivity contribution in [2.75, 3.05) is 0 Å². The second kappa shape index (κ2) is 7.39. The molecule has 0 unspecified atom stereocenters. The number of aromatic nitrogens is 2. The van der Waals surface area contributed by atoms with Gasteiger partial charge < -0.3 is 9.26 Å². The van der Waals surface area contributed by atoms with Gasteiger partial charge in [-0.2, -0.15) is 4.98 Å². The fourth-order valence-electron chi connectivity index (χ4n) is 1.95. The maximum absolute atomic E-state index is 11.7. The molecule has 0 aliphatic heterocycles. The van der Waals surface area contributed by atoms with Crippen LogP contribution in [0.1, 0.15) is 17.2 Å². The van der Waals surface area contributed by atoms with Crippen LogP contribution in [0.25, 0.3) is 11.4 Å². The van der Waals surface area contributed by atoms with Gasteiger partial charge in [0.1, 0.15) is 0 Å². The van der Waals surface area contributed by atoms with Gasteiger partial charge in [-0.15, -0.1) is 11.3 Å². The molecule has 0 amide bonds. The van der Waals surface area contributed by atoms with Gasteiger partial charge in [0.25, 0.3) is 5.89 Å². The fraction of sp³-hybridized carbons (Fsp3) is 0.188. The van der Waals surface area contributed by atoms with Gasteiger partial charge in [-0.05, 0) is 30.0 Å². The predicted molar refractivity (Wildman–Crippen MR) is 87.2 cm³/mol. The molecule has 7 heteroatoms. The molecule has 1 aromatic carbocycles. The molecule has 118 valence electrons. The third kappa shape index (κ3) is 4.40. The Hall–Kier alpha value is -2.18. The van der Waals surface area contributed by atoms with E-state index in [2.05, 4.69) is 10.1 Å². The maximum Gasteiger partial charge on any atom is 0.306 e. The molecule has 23 heavy (non-hydrogen) atoms. The SMILES string of the molecule is O=C(CCc1cccs1)OCc1nc(-c2cccc(Cl)c2)no1. The van der Waals surface area contributed by atoms with E-state index < -0.39 is 0 Å². The summed E-state index contributed by atoms with van der Waals surface area (Å²) in [6, 6.07) is 11.1. The van der Waals surface area contributed by atoms with Gasteiger partial charge in [0.2, 0.25) is 5.82 Å². The van der Waals surface area contributed by atoms with E-state index in [-0.39, 0.29) is 18.5 Å². The molecule has 0 saturated carbocycles. The number of thiophene rings is 1. The Labute approximate surface area is 141 Å². The first-order chi connectivity index (χ1) is 11.2. The van der Waals surface area contributed by atoms with Crippen LogP contribution in [0.15, 0.2) is 46.3 Å². The van der Waals surface area contributed by atoms with Crippen LogP contribution < -0.4 is 0 Å². The summed E-state index contributed by atoms with van der Waals surface area (Å²) in [6.07, 6.45) is 1.00. The number of ether oxygens (including phenoxy) is 1. The molecule has 0 N–H and O–H groups in total. The number of nitrogens with zero attached hydrogens (tertiary/aromatic N) is 2. The van der Waals surface area contributed by atoms with Crippen LogP contribution in [0, 0.1) is 0 Å². The van der Waals surface area contributed by atoms with Crippen molar-refractivity contribution < 1.29 is 14.1 Å². The van der Waals surface area contributed by atoms with Gasteiger partial charge >= 0.3 is 5.97 Å². The van der Waals surface area contributed by atoms with E-state index in [1.54, 1.807) is 29.5 Å². The Morgan fingerprint density at radius 2 is 2.22 bits per heavy atom. The highest BCUT2D eigenvalue weighted by atomic mass is 35.5. The fourth-order valence-corrected chi connectivity index (χ4v) is 2.85. The molecule has 2 heterocycles. The summed E-state index contributed by atoms with van der Waals surface area (Å²) >= 11 is 7.55. The summed E-state index contributed by atoms with van der Waals surface area (Å²) in [7, 11) is 0. The zero-order chi connectivity index (χ0) is 16.1. The monoisotopic (exact) mass is 348 g/mol. The number of hydrogen-bond acceptors (Lipinski definition) is 6. The van der Waals surface area contributed by atoms with E-state index in [1.165, 1.54) is 0 Å². The molecule has 5 nitrogen and oxygen atoms in total. The largest absolute Gasteiger partial charge is 0.456 e. The average molecular weight is 349 g/mol. The van der Waals surface area contributed by atoms with Gasteiger partial charge in [0.05, 0.1) is 6.42 Å². The molecular weight excluding hydrogens is 336 g/mol. The molecule has 2 aromatic heterocycles. The topological polar surface area (TPSA) is 65.2 Å². The van der Waals surface area contributed by atoms with Crippen molar-refractivity contribution >= 4 is 28.9 Å². The number of benzene rings is 1. The summed E-state index contributed by atoms with van der Waals surface area (Å²) in [5, 5.41) is 6.43. The molecule has 0 fully saturated rings. The average Bonchev–Trinajstić information content (AvgIpc) is 3.22. The normalized spacial score (nSPS) is 10.7. The number of halogens is 1. The maximum atomic E-state index is 11.7. The highest BCUT2D eigenvalue weighted by Crippen LogP contribution is 2.20.